The minimum Gasteiger partial charge on any atom is -0.344 e. The van der Waals surface area contributed by atoms with Crippen LogP contribution in [0.5, 0.6) is 0 Å². The third kappa shape index (κ3) is 2.66. The van der Waals surface area contributed by atoms with E-state index in [1.807, 2.05) is 0 Å². The predicted octanol–water partition coefficient (Wildman–Crippen LogP) is 1.05. The zero-order valence-corrected chi connectivity index (χ0v) is 10.2. The summed E-state index contributed by atoms with van der Waals surface area (Å²) in [6.07, 6.45) is 5.86. The van der Waals surface area contributed by atoms with Crippen LogP contribution in [0.1, 0.15) is 43.1 Å². The summed E-state index contributed by atoms with van der Waals surface area (Å²) in [6, 6.07) is 1.67. The van der Waals surface area contributed by atoms with E-state index in [9.17, 15) is 4.79 Å². The molecule has 4 N–H and O–H groups in total. The number of carbonyl (C=O) groups is 1. The second kappa shape index (κ2) is 4.87. The van der Waals surface area contributed by atoms with Gasteiger partial charge in [0.25, 0.3) is 5.91 Å². The van der Waals surface area contributed by atoms with Crippen LogP contribution < -0.4 is 11.1 Å². The lowest BCUT2D eigenvalue weighted by Crippen LogP contribution is -2.56. The van der Waals surface area contributed by atoms with E-state index in [0.29, 0.717) is 18.2 Å². The van der Waals surface area contributed by atoms with E-state index in [2.05, 4.69) is 22.4 Å². The lowest BCUT2D eigenvalue weighted by atomic mass is 9.76. The highest BCUT2D eigenvalue weighted by Crippen LogP contribution is 2.31. The first kappa shape index (κ1) is 12.1. The minimum absolute atomic E-state index is 0.109. The molecule has 1 amide bonds. The van der Waals surface area contributed by atoms with Crippen LogP contribution in [0.25, 0.3) is 0 Å². The normalized spacial score (nSPS) is 28.9. The molecule has 0 aromatic carbocycles. The maximum absolute atomic E-state index is 12.0. The summed E-state index contributed by atoms with van der Waals surface area (Å²) in [4.78, 5) is 12.0. The zero-order valence-electron chi connectivity index (χ0n) is 10.2. The van der Waals surface area contributed by atoms with Gasteiger partial charge in [-0.2, -0.15) is 5.10 Å². The second-order valence-electron chi connectivity index (χ2n) is 5.11. The molecule has 0 bridgehead atoms. The first-order valence-corrected chi connectivity index (χ1v) is 6.17. The lowest BCUT2D eigenvalue weighted by molar-refractivity contribution is 0.0848. The monoisotopic (exact) mass is 236 g/mol. The molecule has 1 heterocycles. The van der Waals surface area contributed by atoms with Crippen LogP contribution in [0.4, 0.5) is 0 Å². The number of hydrogen-bond donors (Lipinski definition) is 3. The topological polar surface area (TPSA) is 83.8 Å². The molecule has 0 saturated heterocycles. The molecule has 5 nitrogen and oxygen atoms in total. The van der Waals surface area contributed by atoms with Gasteiger partial charge in [0, 0.05) is 12.7 Å². The van der Waals surface area contributed by atoms with Gasteiger partial charge in [-0.25, -0.2) is 0 Å². The summed E-state index contributed by atoms with van der Waals surface area (Å²) in [7, 11) is 0. The number of rotatable bonds is 3. The van der Waals surface area contributed by atoms with Crippen LogP contribution in [0.15, 0.2) is 12.3 Å². The fourth-order valence-electron chi connectivity index (χ4n) is 2.70. The van der Waals surface area contributed by atoms with Crippen LogP contribution in [0.3, 0.4) is 0 Å². The number of aromatic nitrogens is 2. The maximum Gasteiger partial charge on any atom is 0.269 e. The summed E-state index contributed by atoms with van der Waals surface area (Å²) in [5.41, 5.74) is 6.12. The summed E-state index contributed by atoms with van der Waals surface area (Å²) in [5.74, 6) is 0.511. The van der Waals surface area contributed by atoms with E-state index in [0.717, 1.165) is 19.3 Å². The molecular weight excluding hydrogens is 216 g/mol. The molecule has 1 aliphatic rings. The molecule has 1 aromatic heterocycles. The van der Waals surface area contributed by atoms with Gasteiger partial charge < -0.3 is 11.1 Å². The highest BCUT2D eigenvalue weighted by molar-refractivity contribution is 5.92. The number of carbonyl (C=O) groups excluding carboxylic acids is 1. The average Bonchev–Trinajstić information content (AvgIpc) is 2.82. The lowest BCUT2D eigenvalue weighted by Gasteiger charge is -2.39. The fraction of sp³-hybridized carbons (Fsp3) is 0.667. The van der Waals surface area contributed by atoms with E-state index in [4.69, 9.17) is 5.73 Å². The molecule has 0 spiro atoms. The third-order valence-electron chi connectivity index (χ3n) is 3.61. The Bertz CT molecular complexity index is 376. The molecule has 94 valence electrons. The second-order valence-corrected chi connectivity index (χ2v) is 5.11. The van der Waals surface area contributed by atoms with Crippen LogP contribution in [-0.4, -0.2) is 28.2 Å². The van der Waals surface area contributed by atoms with Crippen molar-refractivity contribution >= 4 is 5.91 Å². The molecule has 0 radical (unpaired) electrons. The molecule has 1 aromatic rings. The minimum atomic E-state index is -0.236. The van der Waals surface area contributed by atoms with E-state index in [1.165, 1.54) is 6.42 Å². The molecule has 2 atom stereocenters. The van der Waals surface area contributed by atoms with Gasteiger partial charge in [0.2, 0.25) is 0 Å². The molecule has 2 unspecified atom stereocenters. The van der Waals surface area contributed by atoms with Crippen molar-refractivity contribution in [1.82, 2.24) is 15.5 Å². The molecule has 0 aliphatic heterocycles. The number of nitrogens with one attached hydrogen (secondary N) is 2. The number of nitrogens with zero attached hydrogens (tertiary/aromatic N) is 1. The van der Waals surface area contributed by atoms with Crippen LogP contribution in [0.2, 0.25) is 0 Å². The standard InChI is InChI=1S/C12H20N4O/c1-9-3-2-5-12(7-9,8-13)15-11(17)10-4-6-14-16-10/h4,6,9H,2-3,5,7-8,13H2,1H3,(H,14,16)(H,15,17). The highest BCUT2D eigenvalue weighted by Gasteiger charge is 2.35. The Morgan fingerprint density at radius 1 is 1.76 bits per heavy atom. The molecule has 1 aliphatic carbocycles. The SMILES string of the molecule is CC1CCCC(CN)(NC(=O)c2ccn[nH]2)C1. The summed E-state index contributed by atoms with van der Waals surface area (Å²) in [6.45, 7) is 2.71. The summed E-state index contributed by atoms with van der Waals surface area (Å²) in [5, 5.41) is 9.54. The van der Waals surface area contributed by atoms with Crippen molar-refractivity contribution in [2.45, 2.75) is 38.1 Å². The third-order valence-corrected chi connectivity index (χ3v) is 3.61. The molecule has 1 saturated carbocycles. The first-order valence-electron chi connectivity index (χ1n) is 6.17. The zero-order chi connectivity index (χ0) is 12.3. The van der Waals surface area contributed by atoms with Crippen molar-refractivity contribution in [3.8, 4) is 0 Å². The van der Waals surface area contributed by atoms with Gasteiger partial charge in [0.15, 0.2) is 0 Å². The predicted molar refractivity (Wildman–Crippen MR) is 65.5 cm³/mol. The Hall–Kier alpha value is -1.36. The maximum atomic E-state index is 12.0. The van der Waals surface area contributed by atoms with Gasteiger partial charge in [0.1, 0.15) is 5.69 Å². The number of amides is 1. The molecular formula is C12H20N4O. The van der Waals surface area contributed by atoms with Crippen LogP contribution in [0, 0.1) is 5.92 Å². The van der Waals surface area contributed by atoms with Gasteiger partial charge in [-0.15, -0.1) is 0 Å². The van der Waals surface area contributed by atoms with Gasteiger partial charge in [-0.3, -0.25) is 9.89 Å². The highest BCUT2D eigenvalue weighted by atomic mass is 16.2. The molecule has 1 fully saturated rings. The fourth-order valence-corrected chi connectivity index (χ4v) is 2.70. The summed E-state index contributed by atoms with van der Waals surface area (Å²) < 4.78 is 0. The Morgan fingerprint density at radius 3 is 3.18 bits per heavy atom. The van der Waals surface area contributed by atoms with Crippen LogP contribution in [-0.2, 0) is 0 Å². The first-order chi connectivity index (χ1) is 8.15. The van der Waals surface area contributed by atoms with Crippen LogP contribution >= 0.6 is 0 Å². The largest absolute Gasteiger partial charge is 0.344 e. The Labute approximate surface area is 101 Å². The molecule has 2 rings (SSSR count). The van der Waals surface area contributed by atoms with E-state index < -0.39 is 0 Å². The number of H-pyrrole nitrogens is 1. The Morgan fingerprint density at radius 2 is 2.59 bits per heavy atom. The van der Waals surface area contributed by atoms with Crippen molar-refractivity contribution in [2.24, 2.45) is 11.7 Å². The van der Waals surface area contributed by atoms with Gasteiger partial charge in [0.05, 0.1) is 5.54 Å². The number of aromatic amines is 1. The van der Waals surface area contributed by atoms with Crippen molar-refractivity contribution in [3.05, 3.63) is 18.0 Å². The Balaban J connectivity index is 2.06. The van der Waals surface area contributed by atoms with Gasteiger partial charge in [-0.05, 0) is 24.8 Å². The summed E-state index contributed by atoms with van der Waals surface area (Å²) >= 11 is 0. The van der Waals surface area contributed by atoms with Crippen molar-refractivity contribution in [2.75, 3.05) is 6.54 Å². The van der Waals surface area contributed by atoms with E-state index in [1.54, 1.807) is 12.3 Å². The van der Waals surface area contributed by atoms with Gasteiger partial charge >= 0.3 is 0 Å². The number of hydrogen-bond acceptors (Lipinski definition) is 3. The van der Waals surface area contributed by atoms with E-state index >= 15 is 0 Å². The smallest absolute Gasteiger partial charge is 0.269 e. The van der Waals surface area contributed by atoms with Crippen molar-refractivity contribution < 1.29 is 4.79 Å². The number of nitrogens with two attached hydrogens (primary N) is 1. The molecule has 17 heavy (non-hydrogen) atoms. The van der Waals surface area contributed by atoms with E-state index in [-0.39, 0.29) is 11.4 Å². The quantitative estimate of drug-likeness (QED) is 0.733. The molecule has 5 heteroatoms. The van der Waals surface area contributed by atoms with Crippen molar-refractivity contribution in [1.29, 1.82) is 0 Å². The average molecular weight is 236 g/mol. The Kier molecular flexibility index (Phi) is 3.47. The van der Waals surface area contributed by atoms with Crippen molar-refractivity contribution in [3.63, 3.8) is 0 Å². The van der Waals surface area contributed by atoms with Gasteiger partial charge in [-0.1, -0.05) is 19.8 Å².